The van der Waals surface area contributed by atoms with Crippen LogP contribution in [0.1, 0.15) is 23.7 Å². The van der Waals surface area contributed by atoms with Gasteiger partial charge in [-0.3, -0.25) is 9.59 Å². The number of carboxylic acid groups (broad SMARTS) is 1. The highest BCUT2D eigenvalue weighted by Crippen LogP contribution is 2.50. The molecular formula is C15H13Cl2N3O6S. The lowest BCUT2D eigenvalue weighted by molar-refractivity contribution is -0.156. The molecule has 0 unspecified atom stereocenters. The van der Waals surface area contributed by atoms with Crippen LogP contribution in [0.3, 0.4) is 0 Å². The summed E-state index contributed by atoms with van der Waals surface area (Å²) in [5.41, 5.74) is 1.86. The molecule has 2 saturated heterocycles. The molecule has 144 valence electrons. The number of phenols is 2. The minimum Gasteiger partial charge on any atom is -0.504 e. The van der Waals surface area contributed by atoms with E-state index in [4.69, 9.17) is 23.2 Å². The van der Waals surface area contributed by atoms with E-state index in [-0.39, 0.29) is 28.3 Å². The molecule has 3 rings (SSSR count). The highest BCUT2D eigenvalue weighted by molar-refractivity contribution is 8.02. The average molecular weight is 434 g/mol. The molecule has 2 amide bonds. The van der Waals surface area contributed by atoms with Gasteiger partial charge >= 0.3 is 5.97 Å². The third kappa shape index (κ3) is 3.17. The molecule has 9 nitrogen and oxygen atoms in total. The van der Waals surface area contributed by atoms with Gasteiger partial charge in [0.1, 0.15) is 11.1 Å². The molecule has 2 aliphatic rings. The zero-order chi connectivity index (χ0) is 20.1. The second-order valence-corrected chi connectivity index (χ2v) is 8.56. The number of thioether (sulfide) groups is 1. The van der Waals surface area contributed by atoms with Crippen LogP contribution in [0.15, 0.2) is 11.2 Å². The van der Waals surface area contributed by atoms with E-state index in [1.54, 1.807) is 6.92 Å². The number of rotatable bonds is 4. The van der Waals surface area contributed by atoms with Crippen LogP contribution in [-0.2, 0) is 9.59 Å². The van der Waals surface area contributed by atoms with Crippen molar-refractivity contribution in [2.45, 2.75) is 29.5 Å². The molecule has 0 radical (unpaired) electrons. The lowest BCUT2D eigenvalue weighted by atomic mass is 9.97. The van der Waals surface area contributed by atoms with Crippen LogP contribution in [0.25, 0.3) is 0 Å². The van der Waals surface area contributed by atoms with Crippen molar-refractivity contribution in [2.75, 3.05) is 0 Å². The van der Waals surface area contributed by atoms with Crippen molar-refractivity contribution in [3.63, 3.8) is 0 Å². The molecule has 0 saturated carbocycles. The summed E-state index contributed by atoms with van der Waals surface area (Å²) in [6, 6.07) is -0.161. The quantitative estimate of drug-likeness (QED) is 0.245. The number of amides is 2. The van der Waals surface area contributed by atoms with Gasteiger partial charge in [-0.1, -0.05) is 23.2 Å². The second-order valence-electron chi connectivity index (χ2n) is 6.12. The Balaban J connectivity index is 1.79. The molecule has 2 aliphatic heterocycles. The predicted molar refractivity (Wildman–Crippen MR) is 98.4 cm³/mol. The maximum atomic E-state index is 12.3. The molecule has 3 atom stereocenters. The zero-order valence-electron chi connectivity index (χ0n) is 13.6. The van der Waals surface area contributed by atoms with Crippen molar-refractivity contribution in [1.29, 1.82) is 0 Å². The van der Waals surface area contributed by atoms with Gasteiger partial charge in [-0.05, 0) is 6.92 Å². The van der Waals surface area contributed by atoms with E-state index in [0.29, 0.717) is 0 Å². The number of nitrogens with zero attached hydrogens (tertiary/aromatic N) is 2. The molecule has 12 heteroatoms. The minimum absolute atomic E-state index is 0.206. The van der Waals surface area contributed by atoms with Crippen LogP contribution in [0.4, 0.5) is 0 Å². The number of benzene rings is 1. The highest BCUT2D eigenvalue weighted by atomic mass is 35.5. The van der Waals surface area contributed by atoms with Gasteiger partial charge < -0.3 is 20.2 Å². The number of aliphatic carboxylic acids is 1. The van der Waals surface area contributed by atoms with Crippen molar-refractivity contribution in [3.05, 3.63) is 21.7 Å². The van der Waals surface area contributed by atoms with Crippen molar-refractivity contribution < 1.29 is 29.7 Å². The lowest BCUT2D eigenvalue weighted by Crippen LogP contribution is -2.57. The number of carboxylic acids is 1. The molecule has 27 heavy (non-hydrogen) atoms. The number of hydrogen-bond donors (Lipinski definition) is 4. The van der Waals surface area contributed by atoms with Crippen molar-refractivity contribution in [1.82, 2.24) is 10.3 Å². The second kappa shape index (κ2) is 6.77. The molecule has 1 aromatic rings. The molecule has 0 aromatic heterocycles. The number of nitrogens with one attached hydrogen (secondary N) is 1. The normalized spacial score (nSPS) is 26.8. The first-order valence-electron chi connectivity index (χ1n) is 7.53. The molecule has 2 heterocycles. The maximum Gasteiger partial charge on any atom is 0.328 e. The topological polar surface area (TPSA) is 140 Å². The first kappa shape index (κ1) is 19.6. The Hall–Kier alpha value is -2.17. The Morgan fingerprint density at radius 1 is 1.44 bits per heavy atom. The van der Waals surface area contributed by atoms with Gasteiger partial charge in [-0.25, -0.2) is 10.2 Å². The lowest BCUT2D eigenvalue weighted by Gasteiger charge is -2.36. The number of hydrogen-bond acceptors (Lipinski definition) is 7. The molecular weight excluding hydrogens is 421 g/mol. The molecule has 4 N–H and O–H groups in total. The van der Waals surface area contributed by atoms with Gasteiger partial charge in [-0.15, -0.1) is 11.8 Å². The van der Waals surface area contributed by atoms with Gasteiger partial charge in [-0.2, -0.15) is 5.10 Å². The van der Waals surface area contributed by atoms with Crippen LogP contribution in [-0.4, -0.2) is 60.4 Å². The summed E-state index contributed by atoms with van der Waals surface area (Å²) in [5.74, 6) is -3.58. The van der Waals surface area contributed by atoms with E-state index >= 15 is 0 Å². The number of carbonyl (C=O) groups excluding carboxylic acids is 2. The van der Waals surface area contributed by atoms with Crippen molar-refractivity contribution >= 4 is 59.0 Å². The van der Waals surface area contributed by atoms with Crippen LogP contribution >= 0.6 is 35.0 Å². The molecule has 0 bridgehead atoms. The molecule has 0 aliphatic carbocycles. The monoisotopic (exact) mass is 433 g/mol. The Morgan fingerprint density at radius 3 is 2.70 bits per heavy atom. The van der Waals surface area contributed by atoms with Gasteiger partial charge in [0.15, 0.2) is 11.5 Å². The standard InChI is InChI=1S/C15H13Cl2N3O6S/c1-15(12(14(25)26)20-7(22)3-8(20)27-15)4-18-19-13(24)9-5(16)2-6(21)11(23)10(9)17/h2,4,8,12,21,23H,3H2,1H3,(H,19,24)(H,25,26)/b18-4+/t8-,12+,15+/m1/s1. The summed E-state index contributed by atoms with van der Waals surface area (Å²) in [4.78, 5) is 36.8. The number of carbonyl (C=O) groups is 3. The minimum atomic E-state index is -1.17. The van der Waals surface area contributed by atoms with Crippen molar-refractivity contribution in [3.8, 4) is 11.5 Å². The van der Waals surface area contributed by atoms with Crippen LogP contribution in [0, 0.1) is 0 Å². The van der Waals surface area contributed by atoms with Crippen LogP contribution < -0.4 is 5.43 Å². The summed E-state index contributed by atoms with van der Waals surface area (Å²) in [7, 11) is 0. The predicted octanol–water partition coefficient (Wildman–Crippen LogP) is 1.64. The average Bonchev–Trinajstić information content (AvgIpc) is 2.80. The van der Waals surface area contributed by atoms with E-state index < -0.39 is 39.2 Å². The first-order chi connectivity index (χ1) is 12.6. The van der Waals surface area contributed by atoms with Crippen LogP contribution in [0.5, 0.6) is 11.5 Å². The first-order valence-corrected chi connectivity index (χ1v) is 9.16. The van der Waals surface area contributed by atoms with E-state index in [1.807, 2.05) is 0 Å². The smallest absolute Gasteiger partial charge is 0.328 e. The largest absolute Gasteiger partial charge is 0.504 e. The molecule has 2 fully saturated rings. The van der Waals surface area contributed by atoms with Gasteiger partial charge in [0.05, 0.1) is 27.1 Å². The zero-order valence-corrected chi connectivity index (χ0v) is 16.0. The Labute approximate surface area is 166 Å². The maximum absolute atomic E-state index is 12.3. The third-order valence-electron chi connectivity index (χ3n) is 4.28. The van der Waals surface area contributed by atoms with Gasteiger partial charge in [0.25, 0.3) is 5.91 Å². The number of hydrazone groups is 1. The summed E-state index contributed by atoms with van der Waals surface area (Å²) in [5, 5.41) is 31.4. The van der Waals surface area contributed by atoms with E-state index in [0.717, 1.165) is 6.07 Å². The van der Waals surface area contributed by atoms with Crippen LogP contribution in [0.2, 0.25) is 10.0 Å². The summed E-state index contributed by atoms with van der Waals surface area (Å²) < 4.78 is -1.05. The number of halogens is 2. The fraction of sp³-hybridized carbons (Fsp3) is 0.333. The third-order valence-corrected chi connectivity index (χ3v) is 6.45. The summed E-state index contributed by atoms with van der Waals surface area (Å²) in [6.45, 7) is 1.60. The Morgan fingerprint density at radius 2 is 2.11 bits per heavy atom. The van der Waals surface area contributed by atoms with Gasteiger partial charge in [0, 0.05) is 12.3 Å². The molecule has 1 aromatic carbocycles. The number of aromatic hydroxyl groups is 2. The summed E-state index contributed by atoms with van der Waals surface area (Å²) in [6.07, 6.45) is 1.49. The van der Waals surface area contributed by atoms with E-state index in [2.05, 4.69) is 10.5 Å². The fourth-order valence-corrected chi connectivity index (χ4v) is 5.23. The fourth-order valence-electron chi connectivity index (χ4n) is 2.99. The SMILES string of the molecule is C[C@@]1(/C=N/NC(=O)c2c(Cl)cc(O)c(O)c2Cl)S[C@@H]2CC(=O)N2[C@H]1C(=O)O. The Kier molecular flexibility index (Phi) is 4.91. The summed E-state index contributed by atoms with van der Waals surface area (Å²) >= 11 is 13.0. The number of phenolic OH excluding ortho intramolecular Hbond substituents is 2. The Bertz CT molecular complexity index is 895. The molecule has 0 spiro atoms. The van der Waals surface area contributed by atoms with E-state index in [1.165, 1.54) is 22.9 Å². The van der Waals surface area contributed by atoms with Gasteiger partial charge in [0.2, 0.25) is 5.91 Å². The number of fused-ring (bicyclic) bond motifs is 1. The van der Waals surface area contributed by atoms with E-state index in [9.17, 15) is 29.7 Å². The van der Waals surface area contributed by atoms with Crippen molar-refractivity contribution in [2.24, 2.45) is 5.10 Å². The number of β-lactam (4-membered cyclic amide) rings is 1. The highest BCUT2D eigenvalue weighted by Gasteiger charge is 2.60.